The largest absolute Gasteiger partial charge is 0.497 e. The van der Waals surface area contributed by atoms with E-state index in [1.54, 1.807) is 25.3 Å². The number of carbonyl (C=O) groups excluding carboxylic acids is 1. The van der Waals surface area contributed by atoms with Crippen molar-refractivity contribution in [3.8, 4) is 22.1 Å². The Morgan fingerprint density at radius 2 is 2.00 bits per heavy atom. The summed E-state index contributed by atoms with van der Waals surface area (Å²) in [6.45, 7) is -0.192. The number of methoxy groups -OCH3 is 1. The van der Waals surface area contributed by atoms with Gasteiger partial charge in [-0.3, -0.25) is 14.4 Å². The topological polar surface area (TPSA) is 111 Å². The second-order valence-electron chi connectivity index (χ2n) is 6.64. The second-order valence-corrected chi connectivity index (χ2v) is 9.96. The van der Waals surface area contributed by atoms with Crippen LogP contribution in [-0.2, 0) is 14.8 Å². The molecule has 1 N–H and O–H groups in total. The summed E-state index contributed by atoms with van der Waals surface area (Å²) in [5.41, 5.74) is 1.11. The molecule has 0 aliphatic carbocycles. The fraction of sp³-hybridized carbons (Fsp3) is 0.211. The highest BCUT2D eigenvalue weighted by Crippen LogP contribution is 2.37. The molecule has 0 spiro atoms. The third-order valence-electron chi connectivity index (χ3n) is 4.48. The first-order chi connectivity index (χ1) is 14.7. The lowest BCUT2D eigenvalue weighted by Gasteiger charge is -2.33. The standard InChI is InChI=1S/C19H17ClN4O5S2/c1-28-13-6-3-11(4-7-13)18-22-23-19(30-18)21-17(25)16-10-24(31(2,26)27)14-9-12(20)5-8-15(14)29-16/h3-9,16H,10H2,1-2H3,(H,21,23,25). The summed E-state index contributed by atoms with van der Waals surface area (Å²) in [5, 5.41) is 12.0. The molecule has 3 aromatic rings. The zero-order chi connectivity index (χ0) is 22.2. The van der Waals surface area contributed by atoms with E-state index in [0.29, 0.717) is 15.8 Å². The molecular weight excluding hydrogens is 464 g/mol. The van der Waals surface area contributed by atoms with Gasteiger partial charge in [0.2, 0.25) is 15.2 Å². The number of carbonyl (C=O) groups is 1. The van der Waals surface area contributed by atoms with E-state index in [9.17, 15) is 13.2 Å². The SMILES string of the molecule is COc1ccc(-c2nnc(NC(=O)C3CN(S(C)(=O)=O)c4cc(Cl)ccc4O3)s2)cc1. The number of anilines is 2. The number of rotatable bonds is 5. The number of ether oxygens (including phenoxy) is 2. The zero-order valence-electron chi connectivity index (χ0n) is 16.4. The number of nitrogens with one attached hydrogen (secondary N) is 1. The van der Waals surface area contributed by atoms with Crippen LogP contribution < -0.4 is 19.1 Å². The Bertz CT molecular complexity index is 1230. The Kier molecular flexibility index (Phi) is 5.73. The Hall–Kier alpha value is -2.89. The van der Waals surface area contributed by atoms with Crippen LogP contribution in [0.25, 0.3) is 10.6 Å². The highest BCUT2D eigenvalue weighted by molar-refractivity contribution is 7.92. The first-order valence-electron chi connectivity index (χ1n) is 8.97. The normalized spacial score (nSPS) is 15.7. The molecule has 12 heteroatoms. The van der Waals surface area contributed by atoms with Gasteiger partial charge in [-0.25, -0.2) is 8.42 Å². The average molecular weight is 481 g/mol. The minimum Gasteiger partial charge on any atom is -0.497 e. The van der Waals surface area contributed by atoms with Gasteiger partial charge in [0, 0.05) is 10.6 Å². The highest BCUT2D eigenvalue weighted by atomic mass is 35.5. The number of halogens is 1. The summed E-state index contributed by atoms with van der Waals surface area (Å²) in [7, 11) is -2.07. The number of amides is 1. The summed E-state index contributed by atoms with van der Waals surface area (Å²) in [6.07, 6.45) is -0.0131. The zero-order valence-corrected chi connectivity index (χ0v) is 18.8. The van der Waals surface area contributed by atoms with E-state index in [-0.39, 0.29) is 23.1 Å². The number of fused-ring (bicyclic) bond motifs is 1. The number of aromatic nitrogens is 2. The molecular formula is C19H17ClN4O5S2. The fourth-order valence-electron chi connectivity index (χ4n) is 2.98. The van der Waals surface area contributed by atoms with Crippen molar-refractivity contribution in [1.29, 1.82) is 0 Å². The van der Waals surface area contributed by atoms with E-state index in [2.05, 4.69) is 15.5 Å². The molecule has 0 radical (unpaired) electrons. The van der Waals surface area contributed by atoms with Gasteiger partial charge in [0.25, 0.3) is 5.91 Å². The average Bonchev–Trinajstić information content (AvgIpc) is 3.20. The molecule has 0 fully saturated rings. The van der Waals surface area contributed by atoms with Gasteiger partial charge >= 0.3 is 0 Å². The number of sulfonamides is 1. The van der Waals surface area contributed by atoms with Crippen molar-refractivity contribution in [2.24, 2.45) is 0 Å². The van der Waals surface area contributed by atoms with Crippen LogP contribution in [0, 0.1) is 0 Å². The van der Waals surface area contributed by atoms with Crippen LogP contribution in [0.3, 0.4) is 0 Å². The van der Waals surface area contributed by atoms with E-state index in [4.69, 9.17) is 21.1 Å². The maximum atomic E-state index is 12.8. The Labute approximate surface area is 187 Å². The van der Waals surface area contributed by atoms with Gasteiger partial charge in [-0.15, -0.1) is 10.2 Å². The summed E-state index contributed by atoms with van der Waals surface area (Å²) in [6, 6.07) is 11.8. The van der Waals surface area contributed by atoms with Crippen molar-refractivity contribution in [3.63, 3.8) is 0 Å². The molecule has 0 saturated heterocycles. The van der Waals surface area contributed by atoms with E-state index in [0.717, 1.165) is 16.1 Å². The molecule has 2 aromatic carbocycles. The van der Waals surface area contributed by atoms with Gasteiger partial charge in [-0.05, 0) is 42.5 Å². The third kappa shape index (κ3) is 4.58. The monoisotopic (exact) mass is 480 g/mol. The first-order valence-corrected chi connectivity index (χ1v) is 12.0. The van der Waals surface area contributed by atoms with Crippen LogP contribution in [0.1, 0.15) is 0 Å². The Morgan fingerprint density at radius 1 is 1.26 bits per heavy atom. The predicted octanol–water partition coefficient (Wildman–Crippen LogP) is 3.03. The number of benzene rings is 2. The maximum Gasteiger partial charge on any atom is 0.269 e. The van der Waals surface area contributed by atoms with Crippen molar-refractivity contribution in [2.75, 3.05) is 29.5 Å². The first kappa shape index (κ1) is 21.3. The molecule has 1 aliphatic rings. The third-order valence-corrected chi connectivity index (χ3v) is 6.74. The smallest absolute Gasteiger partial charge is 0.269 e. The Morgan fingerprint density at radius 3 is 2.68 bits per heavy atom. The number of hydrogen-bond donors (Lipinski definition) is 1. The van der Waals surface area contributed by atoms with Crippen LogP contribution >= 0.6 is 22.9 Å². The molecule has 31 heavy (non-hydrogen) atoms. The fourth-order valence-corrected chi connectivity index (χ4v) is 4.81. The van der Waals surface area contributed by atoms with E-state index < -0.39 is 22.0 Å². The quantitative estimate of drug-likeness (QED) is 0.597. The van der Waals surface area contributed by atoms with E-state index >= 15 is 0 Å². The van der Waals surface area contributed by atoms with Crippen LogP contribution in [-0.4, -0.2) is 50.5 Å². The molecule has 1 aliphatic heterocycles. The van der Waals surface area contributed by atoms with Crippen molar-refractivity contribution in [2.45, 2.75) is 6.10 Å². The van der Waals surface area contributed by atoms with Gasteiger partial charge in [0.1, 0.15) is 16.5 Å². The molecule has 2 heterocycles. The predicted molar refractivity (Wildman–Crippen MR) is 119 cm³/mol. The second kappa shape index (κ2) is 8.33. The minimum atomic E-state index is -3.65. The van der Waals surface area contributed by atoms with Gasteiger partial charge < -0.3 is 9.47 Å². The van der Waals surface area contributed by atoms with Gasteiger partial charge in [-0.2, -0.15) is 0 Å². The highest BCUT2D eigenvalue weighted by Gasteiger charge is 2.35. The van der Waals surface area contributed by atoms with Crippen LogP contribution in [0.15, 0.2) is 42.5 Å². The van der Waals surface area contributed by atoms with E-state index in [1.165, 1.54) is 23.5 Å². The molecule has 1 unspecified atom stereocenters. The van der Waals surface area contributed by atoms with Crippen LogP contribution in [0.2, 0.25) is 5.02 Å². The summed E-state index contributed by atoms with van der Waals surface area (Å²) in [5.74, 6) is 0.428. The lowest BCUT2D eigenvalue weighted by molar-refractivity contribution is -0.122. The van der Waals surface area contributed by atoms with Crippen LogP contribution in [0.4, 0.5) is 10.8 Å². The van der Waals surface area contributed by atoms with Crippen molar-refractivity contribution >= 4 is 49.7 Å². The Balaban J connectivity index is 1.52. The molecule has 1 aromatic heterocycles. The number of hydrogen-bond acceptors (Lipinski definition) is 8. The van der Waals surface area contributed by atoms with Crippen molar-refractivity contribution in [3.05, 3.63) is 47.5 Å². The number of nitrogens with zero attached hydrogens (tertiary/aromatic N) is 3. The molecule has 4 rings (SSSR count). The summed E-state index contributed by atoms with van der Waals surface area (Å²) < 4.78 is 36.5. The van der Waals surface area contributed by atoms with E-state index in [1.807, 2.05) is 12.1 Å². The molecule has 1 amide bonds. The molecule has 0 bridgehead atoms. The van der Waals surface area contributed by atoms with Gasteiger partial charge in [0.15, 0.2) is 6.10 Å². The summed E-state index contributed by atoms with van der Waals surface area (Å²) >= 11 is 7.18. The molecule has 0 saturated carbocycles. The summed E-state index contributed by atoms with van der Waals surface area (Å²) in [4.78, 5) is 12.8. The van der Waals surface area contributed by atoms with Crippen molar-refractivity contribution < 1.29 is 22.7 Å². The molecule has 1 atom stereocenters. The lowest BCUT2D eigenvalue weighted by atomic mass is 10.2. The van der Waals surface area contributed by atoms with Crippen LogP contribution in [0.5, 0.6) is 11.5 Å². The molecule has 9 nitrogen and oxygen atoms in total. The lowest BCUT2D eigenvalue weighted by Crippen LogP contribution is -2.48. The minimum absolute atomic E-state index is 0.192. The van der Waals surface area contributed by atoms with Crippen molar-refractivity contribution in [1.82, 2.24) is 10.2 Å². The maximum absolute atomic E-state index is 12.8. The van der Waals surface area contributed by atoms with Gasteiger partial charge in [-0.1, -0.05) is 22.9 Å². The van der Waals surface area contributed by atoms with Gasteiger partial charge in [0.05, 0.1) is 25.6 Å². The molecule has 162 valence electrons.